The Bertz CT molecular complexity index is 973. The molecule has 1 spiro atoms. The summed E-state index contributed by atoms with van der Waals surface area (Å²) in [6.45, 7) is 6.63. The van der Waals surface area contributed by atoms with Crippen molar-refractivity contribution < 1.29 is 5.11 Å². The molecule has 2 saturated heterocycles. The van der Waals surface area contributed by atoms with Gasteiger partial charge in [0.05, 0.1) is 11.2 Å². The van der Waals surface area contributed by atoms with Crippen LogP contribution in [-0.4, -0.2) is 41.5 Å². The van der Waals surface area contributed by atoms with Gasteiger partial charge in [-0.1, -0.05) is 12.1 Å². The quantitative estimate of drug-likeness (QED) is 0.755. The third kappa shape index (κ3) is 2.27. The fourth-order valence-corrected chi connectivity index (χ4v) is 3.96. The molecule has 126 valence electrons. The van der Waals surface area contributed by atoms with Crippen molar-refractivity contribution in [2.45, 2.75) is 6.92 Å². The molecule has 3 aromatic rings. The third-order valence-corrected chi connectivity index (χ3v) is 5.49. The van der Waals surface area contributed by atoms with E-state index in [0.717, 1.165) is 37.1 Å². The van der Waals surface area contributed by atoms with Crippen LogP contribution in [0.2, 0.25) is 0 Å². The molecule has 2 fully saturated rings. The van der Waals surface area contributed by atoms with Gasteiger partial charge in [0.15, 0.2) is 0 Å². The monoisotopic (exact) mass is 332 g/mol. The van der Waals surface area contributed by atoms with E-state index in [1.807, 2.05) is 24.3 Å². The lowest BCUT2D eigenvalue weighted by molar-refractivity contribution is 0.121. The zero-order chi connectivity index (χ0) is 17.0. The molecule has 2 aliphatic heterocycles. The van der Waals surface area contributed by atoms with Crippen LogP contribution in [0.1, 0.15) is 5.56 Å². The van der Waals surface area contributed by atoms with Gasteiger partial charge in [0.1, 0.15) is 5.75 Å². The molecular formula is C20H20N4O. The summed E-state index contributed by atoms with van der Waals surface area (Å²) in [4.78, 5) is 2.42. The van der Waals surface area contributed by atoms with Crippen LogP contribution >= 0.6 is 0 Å². The van der Waals surface area contributed by atoms with Crippen LogP contribution in [0, 0.1) is 12.3 Å². The average Bonchev–Trinajstić information content (AvgIpc) is 2.53. The minimum absolute atomic E-state index is 0.227. The lowest BCUT2D eigenvalue weighted by atomic mass is 9.74. The first-order valence-corrected chi connectivity index (χ1v) is 8.66. The van der Waals surface area contributed by atoms with Crippen LogP contribution in [0.4, 0.5) is 5.69 Å². The van der Waals surface area contributed by atoms with Gasteiger partial charge in [-0.25, -0.2) is 0 Å². The van der Waals surface area contributed by atoms with E-state index in [1.165, 1.54) is 11.3 Å². The van der Waals surface area contributed by atoms with E-state index in [-0.39, 0.29) is 5.75 Å². The SMILES string of the molecule is Cc1cc(N2CC3(CNC3)C2)cc2nnc(-c3ccccc3O)cc12. The number of hydrogen-bond donors (Lipinski definition) is 2. The summed E-state index contributed by atoms with van der Waals surface area (Å²) in [6.07, 6.45) is 0. The number of phenols is 1. The normalized spacial score (nSPS) is 18.2. The van der Waals surface area contributed by atoms with E-state index in [9.17, 15) is 5.11 Å². The first-order chi connectivity index (χ1) is 12.1. The summed E-state index contributed by atoms with van der Waals surface area (Å²) in [6, 6.07) is 13.6. The Labute approximate surface area is 146 Å². The Hall–Kier alpha value is -2.66. The second kappa shape index (κ2) is 5.17. The molecule has 0 atom stereocenters. The number of nitrogens with one attached hydrogen (secondary N) is 1. The van der Waals surface area contributed by atoms with Crippen molar-refractivity contribution in [1.29, 1.82) is 0 Å². The Balaban J connectivity index is 1.52. The third-order valence-electron chi connectivity index (χ3n) is 5.49. The number of aromatic nitrogens is 2. The fourth-order valence-electron chi connectivity index (χ4n) is 3.96. The second-order valence-electron chi connectivity index (χ2n) is 7.40. The first-order valence-electron chi connectivity index (χ1n) is 8.66. The number of fused-ring (bicyclic) bond motifs is 1. The fraction of sp³-hybridized carbons (Fsp3) is 0.300. The maximum atomic E-state index is 10.1. The summed E-state index contributed by atoms with van der Waals surface area (Å²) in [5.74, 6) is 0.227. The van der Waals surface area contributed by atoms with E-state index in [0.29, 0.717) is 16.7 Å². The maximum Gasteiger partial charge on any atom is 0.125 e. The second-order valence-corrected chi connectivity index (χ2v) is 7.40. The van der Waals surface area contributed by atoms with Crippen LogP contribution in [0.15, 0.2) is 42.5 Å². The molecule has 25 heavy (non-hydrogen) atoms. The van der Waals surface area contributed by atoms with Gasteiger partial charge >= 0.3 is 0 Å². The number of nitrogens with zero attached hydrogens (tertiary/aromatic N) is 3. The van der Waals surface area contributed by atoms with Gasteiger partial charge in [-0.05, 0) is 42.8 Å². The predicted octanol–water partition coefficient (Wildman–Crippen LogP) is 2.72. The van der Waals surface area contributed by atoms with Crippen molar-refractivity contribution in [3.8, 4) is 17.0 Å². The van der Waals surface area contributed by atoms with Crippen molar-refractivity contribution in [3.05, 3.63) is 48.0 Å². The van der Waals surface area contributed by atoms with E-state index in [4.69, 9.17) is 0 Å². The molecule has 2 N–H and O–H groups in total. The molecule has 2 aromatic carbocycles. The summed E-state index contributed by atoms with van der Waals surface area (Å²) in [5, 5.41) is 23.3. The van der Waals surface area contributed by atoms with Gasteiger partial charge in [-0.2, -0.15) is 0 Å². The van der Waals surface area contributed by atoms with Gasteiger partial charge in [0.25, 0.3) is 0 Å². The number of rotatable bonds is 2. The predicted molar refractivity (Wildman–Crippen MR) is 98.9 cm³/mol. The highest BCUT2D eigenvalue weighted by atomic mass is 16.3. The van der Waals surface area contributed by atoms with Crippen LogP contribution in [-0.2, 0) is 0 Å². The van der Waals surface area contributed by atoms with Gasteiger partial charge in [0.2, 0.25) is 0 Å². The number of anilines is 1. The summed E-state index contributed by atoms with van der Waals surface area (Å²) >= 11 is 0. The lowest BCUT2D eigenvalue weighted by Gasteiger charge is -2.57. The minimum Gasteiger partial charge on any atom is -0.507 e. The first kappa shape index (κ1) is 14.7. The van der Waals surface area contributed by atoms with Crippen molar-refractivity contribution in [2.75, 3.05) is 31.1 Å². The molecule has 3 heterocycles. The molecule has 2 aliphatic rings. The summed E-state index contributed by atoms with van der Waals surface area (Å²) in [7, 11) is 0. The summed E-state index contributed by atoms with van der Waals surface area (Å²) < 4.78 is 0. The zero-order valence-corrected chi connectivity index (χ0v) is 14.2. The molecular weight excluding hydrogens is 312 g/mol. The molecule has 0 radical (unpaired) electrons. The Kier molecular flexibility index (Phi) is 3.03. The van der Waals surface area contributed by atoms with Crippen LogP contribution in [0.5, 0.6) is 5.75 Å². The van der Waals surface area contributed by atoms with Gasteiger partial charge < -0.3 is 15.3 Å². The highest BCUT2D eigenvalue weighted by molar-refractivity contribution is 5.88. The van der Waals surface area contributed by atoms with Gasteiger partial charge in [-0.3, -0.25) is 0 Å². The van der Waals surface area contributed by atoms with Crippen molar-refractivity contribution in [2.24, 2.45) is 5.41 Å². The van der Waals surface area contributed by atoms with Gasteiger partial charge in [0, 0.05) is 48.2 Å². The largest absolute Gasteiger partial charge is 0.507 e. The van der Waals surface area contributed by atoms with Crippen LogP contribution in [0.25, 0.3) is 22.2 Å². The molecule has 0 unspecified atom stereocenters. The average molecular weight is 332 g/mol. The molecule has 5 rings (SSSR count). The molecule has 0 aliphatic carbocycles. The van der Waals surface area contributed by atoms with Crippen molar-refractivity contribution >= 4 is 16.6 Å². The highest BCUT2D eigenvalue weighted by Crippen LogP contribution is 2.39. The molecule has 0 bridgehead atoms. The molecule has 0 saturated carbocycles. The number of benzene rings is 2. The van der Waals surface area contributed by atoms with Crippen LogP contribution < -0.4 is 10.2 Å². The maximum absolute atomic E-state index is 10.1. The smallest absolute Gasteiger partial charge is 0.125 e. The Morgan fingerprint density at radius 1 is 1.08 bits per heavy atom. The molecule has 5 nitrogen and oxygen atoms in total. The topological polar surface area (TPSA) is 61.3 Å². The van der Waals surface area contributed by atoms with E-state index in [1.54, 1.807) is 6.07 Å². The number of para-hydroxylation sites is 1. The Morgan fingerprint density at radius 2 is 1.88 bits per heavy atom. The zero-order valence-electron chi connectivity index (χ0n) is 14.2. The van der Waals surface area contributed by atoms with Gasteiger partial charge in [-0.15, -0.1) is 10.2 Å². The Morgan fingerprint density at radius 3 is 2.60 bits per heavy atom. The summed E-state index contributed by atoms with van der Waals surface area (Å²) in [5.41, 5.74) is 5.23. The minimum atomic E-state index is 0.227. The number of phenolic OH excluding ortho intramolecular Hbond substituents is 1. The molecule has 5 heteroatoms. The van der Waals surface area contributed by atoms with E-state index < -0.39 is 0 Å². The molecule has 0 amide bonds. The highest BCUT2D eigenvalue weighted by Gasteiger charge is 2.47. The lowest BCUT2D eigenvalue weighted by Crippen LogP contribution is -2.71. The number of aromatic hydroxyl groups is 1. The van der Waals surface area contributed by atoms with Crippen molar-refractivity contribution in [1.82, 2.24) is 15.5 Å². The number of aryl methyl sites for hydroxylation is 1. The van der Waals surface area contributed by atoms with Crippen LogP contribution in [0.3, 0.4) is 0 Å². The van der Waals surface area contributed by atoms with E-state index >= 15 is 0 Å². The van der Waals surface area contributed by atoms with E-state index in [2.05, 4.69) is 39.5 Å². The molecule has 1 aromatic heterocycles. The van der Waals surface area contributed by atoms with Crippen molar-refractivity contribution in [3.63, 3.8) is 0 Å². The number of hydrogen-bond acceptors (Lipinski definition) is 5. The standard InChI is InChI=1S/C20H20N4O/c1-13-6-14(24-11-20(12-24)9-21-10-20)7-17-16(13)8-18(23-22-17)15-4-2-3-5-19(15)25/h2-8,21,25H,9-12H2,1H3.